The Balaban J connectivity index is 1.52. The Morgan fingerprint density at radius 3 is 2.31 bits per heavy atom. The summed E-state index contributed by atoms with van der Waals surface area (Å²) < 4.78 is 5.40. The Morgan fingerprint density at radius 1 is 1.00 bits per heavy atom. The lowest BCUT2D eigenvalue weighted by Crippen LogP contribution is -3.17. The van der Waals surface area contributed by atoms with Crippen molar-refractivity contribution >= 4 is 23.2 Å². The Kier molecular flexibility index (Phi) is 7.25. The molecule has 2 aromatic rings. The predicted molar refractivity (Wildman–Crippen MR) is 115 cm³/mol. The van der Waals surface area contributed by atoms with E-state index in [2.05, 4.69) is 17.6 Å². The van der Waals surface area contributed by atoms with E-state index in [9.17, 15) is 9.59 Å². The van der Waals surface area contributed by atoms with E-state index in [1.54, 1.807) is 36.4 Å². The van der Waals surface area contributed by atoms with Gasteiger partial charge in [-0.1, -0.05) is 0 Å². The molecule has 2 atom stereocenters. The normalized spacial score (nSPS) is 18.7. The van der Waals surface area contributed by atoms with Crippen molar-refractivity contribution in [3.8, 4) is 5.75 Å². The number of nitrogens with one attached hydrogen (secondary N) is 3. The molecule has 1 fully saturated rings. The molecule has 0 aliphatic carbocycles. The van der Waals surface area contributed by atoms with E-state index in [0.29, 0.717) is 36.1 Å². The average Bonchev–Trinajstić information content (AvgIpc) is 2.72. The van der Waals surface area contributed by atoms with Crippen LogP contribution in [0.2, 0.25) is 0 Å². The maximum Gasteiger partial charge on any atom is 0.279 e. The summed E-state index contributed by atoms with van der Waals surface area (Å²) in [6.45, 7) is 6.28. The van der Waals surface area contributed by atoms with Crippen molar-refractivity contribution in [3.05, 3.63) is 54.1 Å². The van der Waals surface area contributed by atoms with E-state index in [-0.39, 0.29) is 11.8 Å². The summed E-state index contributed by atoms with van der Waals surface area (Å²) >= 11 is 0. The molecule has 3 rings (SSSR count). The van der Waals surface area contributed by atoms with E-state index in [1.165, 1.54) is 24.2 Å². The largest absolute Gasteiger partial charge is 0.494 e. The van der Waals surface area contributed by atoms with Gasteiger partial charge in [0.25, 0.3) is 11.8 Å². The van der Waals surface area contributed by atoms with Crippen molar-refractivity contribution in [2.75, 3.05) is 30.3 Å². The first-order chi connectivity index (χ1) is 14.0. The highest BCUT2D eigenvalue weighted by Crippen LogP contribution is 2.17. The van der Waals surface area contributed by atoms with Gasteiger partial charge in [0.05, 0.1) is 19.2 Å². The zero-order chi connectivity index (χ0) is 20.6. The molecule has 0 aromatic heterocycles. The lowest BCUT2D eigenvalue weighted by atomic mass is 10.0. The van der Waals surface area contributed by atoms with Crippen LogP contribution in [-0.4, -0.2) is 37.6 Å². The molecule has 1 heterocycles. The third-order valence-corrected chi connectivity index (χ3v) is 5.32. The van der Waals surface area contributed by atoms with Crippen LogP contribution in [-0.2, 0) is 4.79 Å². The van der Waals surface area contributed by atoms with Crippen molar-refractivity contribution in [2.24, 2.45) is 0 Å². The summed E-state index contributed by atoms with van der Waals surface area (Å²) in [7, 11) is 0. The Labute approximate surface area is 172 Å². The Hall–Kier alpha value is -2.86. The van der Waals surface area contributed by atoms with Crippen LogP contribution >= 0.6 is 0 Å². The number of amides is 2. The zero-order valence-electron chi connectivity index (χ0n) is 17.2. The molecule has 2 amide bonds. The van der Waals surface area contributed by atoms with Crippen LogP contribution in [0.15, 0.2) is 48.5 Å². The number of piperidine rings is 1. The number of hydrogen-bond acceptors (Lipinski definition) is 3. The van der Waals surface area contributed by atoms with Crippen molar-refractivity contribution < 1.29 is 19.2 Å². The first kappa shape index (κ1) is 20.9. The molecule has 3 N–H and O–H groups in total. The van der Waals surface area contributed by atoms with Gasteiger partial charge in [-0.25, -0.2) is 0 Å². The number of ether oxygens (including phenoxy) is 1. The molecule has 6 heteroatoms. The molecule has 1 unspecified atom stereocenters. The zero-order valence-corrected chi connectivity index (χ0v) is 17.2. The molecule has 0 bridgehead atoms. The maximum atomic E-state index is 12.4. The van der Waals surface area contributed by atoms with Gasteiger partial charge in [0.1, 0.15) is 5.75 Å². The van der Waals surface area contributed by atoms with E-state index in [4.69, 9.17) is 4.74 Å². The predicted octanol–water partition coefficient (Wildman–Crippen LogP) is 2.73. The van der Waals surface area contributed by atoms with Crippen LogP contribution in [0.5, 0.6) is 5.75 Å². The third kappa shape index (κ3) is 6.06. The molecule has 1 aliphatic rings. The molecule has 0 radical (unpaired) electrons. The molecule has 6 nitrogen and oxygen atoms in total. The number of rotatable bonds is 7. The van der Waals surface area contributed by atoms with E-state index in [0.717, 1.165) is 12.3 Å². The van der Waals surface area contributed by atoms with Gasteiger partial charge in [0.15, 0.2) is 6.54 Å². The fourth-order valence-electron chi connectivity index (χ4n) is 3.64. The van der Waals surface area contributed by atoms with E-state index < -0.39 is 0 Å². The molecule has 0 spiro atoms. The van der Waals surface area contributed by atoms with Crippen molar-refractivity contribution in [1.82, 2.24) is 0 Å². The van der Waals surface area contributed by atoms with E-state index in [1.807, 2.05) is 19.1 Å². The van der Waals surface area contributed by atoms with Crippen LogP contribution in [0.4, 0.5) is 11.4 Å². The molecule has 154 valence electrons. The SMILES string of the molecule is CCOc1ccc(NC(=O)c2ccc(NC(=O)C[NH+]3CCCC[C@H]3C)cc2)cc1. The quantitative estimate of drug-likeness (QED) is 0.674. The average molecular weight is 397 g/mol. The number of anilines is 2. The second-order valence-electron chi connectivity index (χ2n) is 7.52. The van der Waals surface area contributed by atoms with Crippen LogP contribution in [0.25, 0.3) is 0 Å². The van der Waals surface area contributed by atoms with Gasteiger partial charge in [0, 0.05) is 16.9 Å². The standard InChI is InChI=1S/C23H29N3O3/c1-3-29-21-13-11-20(12-14-21)25-23(28)18-7-9-19(10-8-18)24-22(27)16-26-15-5-4-6-17(26)2/h7-14,17H,3-6,15-16H2,1-2H3,(H,24,27)(H,25,28)/p+1/t17-/m1/s1. The fraction of sp³-hybridized carbons (Fsp3) is 0.391. The van der Waals surface area contributed by atoms with Crippen molar-refractivity contribution in [3.63, 3.8) is 0 Å². The number of likely N-dealkylation sites (tertiary alicyclic amines) is 1. The third-order valence-electron chi connectivity index (χ3n) is 5.32. The Bertz CT molecular complexity index is 818. The highest BCUT2D eigenvalue weighted by molar-refractivity contribution is 6.04. The first-order valence-corrected chi connectivity index (χ1v) is 10.3. The lowest BCUT2D eigenvalue weighted by molar-refractivity contribution is -0.920. The monoisotopic (exact) mass is 396 g/mol. The summed E-state index contributed by atoms with van der Waals surface area (Å²) in [6.07, 6.45) is 3.62. The van der Waals surface area contributed by atoms with Crippen molar-refractivity contribution in [2.45, 2.75) is 39.2 Å². The molecular weight excluding hydrogens is 366 g/mol. The number of carbonyl (C=O) groups excluding carboxylic acids is 2. The van der Waals surface area contributed by atoms with Gasteiger partial charge in [-0.2, -0.15) is 0 Å². The van der Waals surface area contributed by atoms with Gasteiger partial charge in [-0.15, -0.1) is 0 Å². The molecular formula is C23H30N3O3+. The second kappa shape index (κ2) is 10.1. The van der Waals surface area contributed by atoms with Gasteiger partial charge < -0.3 is 20.3 Å². The Morgan fingerprint density at radius 2 is 1.66 bits per heavy atom. The van der Waals surface area contributed by atoms with E-state index >= 15 is 0 Å². The topological polar surface area (TPSA) is 71.9 Å². The van der Waals surface area contributed by atoms with Gasteiger partial charge in [-0.05, 0) is 81.6 Å². The van der Waals surface area contributed by atoms with Gasteiger partial charge in [-0.3, -0.25) is 9.59 Å². The minimum atomic E-state index is -0.196. The smallest absolute Gasteiger partial charge is 0.279 e. The first-order valence-electron chi connectivity index (χ1n) is 10.3. The van der Waals surface area contributed by atoms with Gasteiger partial charge >= 0.3 is 0 Å². The van der Waals surface area contributed by atoms with Crippen molar-refractivity contribution in [1.29, 1.82) is 0 Å². The highest BCUT2D eigenvalue weighted by Gasteiger charge is 2.24. The fourth-order valence-corrected chi connectivity index (χ4v) is 3.64. The lowest BCUT2D eigenvalue weighted by Gasteiger charge is -2.29. The van der Waals surface area contributed by atoms with Gasteiger partial charge in [0.2, 0.25) is 0 Å². The van der Waals surface area contributed by atoms with Crippen LogP contribution in [0.3, 0.4) is 0 Å². The van der Waals surface area contributed by atoms with Crippen LogP contribution < -0.4 is 20.3 Å². The number of hydrogen-bond donors (Lipinski definition) is 3. The molecule has 1 saturated heterocycles. The second-order valence-corrected chi connectivity index (χ2v) is 7.52. The molecule has 0 saturated carbocycles. The molecule has 29 heavy (non-hydrogen) atoms. The number of quaternary nitrogens is 1. The molecule has 2 aromatic carbocycles. The summed E-state index contributed by atoms with van der Waals surface area (Å²) in [5.74, 6) is 0.588. The van der Waals surface area contributed by atoms with Crippen LogP contribution in [0.1, 0.15) is 43.5 Å². The van der Waals surface area contributed by atoms with Crippen LogP contribution in [0, 0.1) is 0 Å². The summed E-state index contributed by atoms with van der Waals surface area (Å²) in [6, 6.07) is 14.8. The maximum absolute atomic E-state index is 12.4. The minimum absolute atomic E-state index is 0.0142. The molecule has 1 aliphatic heterocycles. The summed E-state index contributed by atoms with van der Waals surface area (Å²) in [4.78, 5) is 26.1. The number of carbonyl (C=O) groups is 2. The number of benzene rings is 2. The summed E-state index contributed by atoms with van der Waals surface area (Å²) in [5, 5.41) is 5.80. The minimum Gasteiger partial charge on any atom is -0.494 e. The summed E-state index contributed by atoms with van der Waals surface area (Å²) in [5.41, 5.74) is 1.94. The highest BCUT2D eigenvalue weighted by atomic mass is 16.5.